The molecule has 1 aliphatic heterocycles. The number of benzene rings is 1. The van der Waals surface area contributed by atoms with E-state index in [9.17, 15) is 4.79 Å². The summed E-state index contributed by atoms with van der Waals surface area (Å²) in [6.07, 6.45) is 3.37. The molecule has 0 unspecified atom stereocenters. The summed E-state index contributed by atoms with van der Waals surface area (Å²) in [7, 11) is 3.08. The summed E-state index contributed by atoms with van der Waals surface area (Å²) in [5, 5.41) is 4.09. The van der Waals surface area contributed by atoms with E-state index in [-0.39, 0.29) is 17.7 Å². The molecule has 2 atom stereocenters. The normalized spacial score (nSPS) is 18.7. The minimum atomic E-state index is -0.137. The molecule has 3 aromatic rings. The van der Waals surface area contributed by atoms with Crippen molar-refractivity contribution >= 4 is 5.91 Å². The molecule has 150 valence electrons. The Kier molecular flexibility index (Phi) is 5.16. The van der Waals surface area contributed by atoms with Gasteiger partial charge in [-0.05, 0) is 30.2 Å². The molecule has 3 heterocycles. The summed E-state index contributed by atoms with van der Waals surface area (Å²) in [6, 6.07) is 8.97. The van der Waals surface area contributed by atoms with E-state index in [1.807, 2.05) is 12.1 Å². The maximum atomic E-state index is 13.2. The smallest absolute Gasteiger partial charge is 0.261 e. The topological polar surface area (TPSA) is 90.6 Å². The van der Waals surface area contributed by atoms with Crippen LogP contribution in [-0.4, -0.2) is 53.2 Å². The summed E-state index contributed by atoms with van der Waals surface area (Å²) in [5.41, 5.74) is 1.26. The van der Waals surface area contributed by atoms with E-state index in [0.717, 1.165) is 5.56 Å². The second-order valence-corrected chi connectivity index (χ2v) is 7.02. The Balaban J connectivity index is 1.57. The van der Waals surface area contributed by atoms with Crippen LogP contribution in [0.15, 0.2) is 47.2 Å². The van der Waals surface area contributed by atoms with Crippen LogP contribution >= 0.6 is 0 Å². The fourth-order valence-electron chi connectivity index (χ4n) is 3.68. The molecule has 8 nitrogen and oxygen atoms in total. The van der Waals surface area contributed by atoms with Gasteiger partial charge < -0.3 is 18.9 Å². The number of aromatic nitrogens is 3. The standard InChI is InChI=1S/C21H22N4O4/c1-13-11-25(21(26)18-16(27-2)5-4-6-17(18)28-3)12-15(13)20-23-19(24-29-20)14-7-9-22-10-8-14/h4-10,13,15H,11-12H2,1-3H3/t13-,15-/m0/s1. The van der Waals surface area contributed by atoms with E-state index < -0.39 is 0 Å². The molecular weight excluding hydrogens is 372 g/mol. The first-order valence-corrected chi connectivity index (χ1v) is 9.36. The third kappa shape index (κ3) is 3.53. The first-order valence-electron chi connectivity index (χ1n) is 9.36. The lowest BCUT2D eigenvalue weighted by Crippen LogP contribution is -2.29. The Labute approximate surface area is 168 Å². The van der Waals surface area contributed by atoms with E-state index in [1.54, 1.807) is 49.7 Å². The molecule has 8 heteroatoms. The summed E-state index contributed by atoms with van der Waals surface area (Å²) < 4.78 is 16.3. The monoisotopic (exact) mass is 394 g/mol. The van der Waals surface area contributed by atoms with Crippen LogP contribution in [-0.2, 0) is 0 Å². The summed E-state index contributed by atoms with van der Waals surface area (Å²) >= 11 is 0. The zero-order chi connectivity index (χ0) is 20.4. The molecule has 0 spiro atoms. The van der Waals surface area contributed by atoms with Crippen LogP contribution in [0.5, 0.6) is 11.5 Å². The van der Waals surface area contributed by atoms with Gasteiger partial charge in [-0.25, -0.2) is 0 Å². The van der Waals surface area contributed by atoms with Crippen molar-refractivity contribution in [2.75, 3.05) is 27.3 Å². The number of hydrogen-bond acceptors (Lipinski definition) is 7. The molecular formula is C21H22N4O4. The first kappa shape index (κ1) is 18.9. The number of amides is 1. The maximum Gasteiger partial charge on any atom is 0.261 e. The molecule has 0 N–H and O–H groups in total. The Hall–Kier alpha value is -3.42. The zero-order valence-corrected chi connectivity index (χ0v) is 16.5. The predicted molar refractivity (Wildman–Crippen MR) is 105 cm³/mol. The molecule has 1 amide bonds. The van der Waals surface area contributed by atoms with Gasteiger partial charge in [0.15, 0.2) is 0 Å². The van der Waals surface area contributed by atoms with Crippen LogP contribution < -0.4 is 9.47 Å². The lowest BCUT2D eigenvalue weighted by molar-refractivity contribution is 0.0779. The number of carbonyl (C=O) groups excluding carboxylic acids is 1. The molecule has 0 radical (unpaired) electrons. The summed E-state index contributed by atoms with van der Waals surface area (Å²) in [4.78, 5) is 23.6. The number of nitrogens with zero attached hydrogens (tertiary/aromatic N) is 4. The molecule has 0 saturated carbocycles. The largest absolute Gasteiger partial charge is 0.496 e. The number of hydrogen-bond donors (Lipinski definition) is 0. The van der Waals surface area contributed by atoms with Gasteiger partial charge in [0.2, 0.25) is 11.7 Å². The number of carbonyl (C=O) groups is 1. The van der Waals surface area contributed by atoms with E-state index in [4.69, 9.17) is 14.0 Å². The average Bonchev–Trinajstić information content (AvgIpc) is 3.40. The Morgan fingerprint density at radius 2 is 1.79 bits per heavy atom. The lowest BCUT2D eigenvalue weighted by atomic mass is 9.98. The van der Waals surface area contributed by atoms with Gasteiger partial charge in [-0.3, -0.25) is 9.78 Å². The highest BCUT2D eigenvalue weighted by atomic mass is 16.5. The van der Waals surface area contributed by atoms with Crippen molar-refractivity contribution in [3.05, 3.63) is 54.2 Å². The fraction of sp³-hybridized carbons (Fsp3) is 0.333. The van der Waals surface area contributed by atoms with E-state index in [0.29, 0.717) is 41.9 Å². The predicted octanol–water partition coefficient (Wildman–Crippen LogP) is 3.02. The van der Waals surface area contributed by atoms with Gasteiger partial charge in [0, 0.05) is 31.0 Å². The molecule has 1 aromatic carbocycles. The van der Waals surface area contributed by atoms with Gasteiger partial charge >= 0.3 is 0 Å². The minimum Gasteiger partial charge on any atom is -0.496 e. The number of ether oxygens (including phenoxy) is 2. The number of rotatable bonds is 5. The number of methoxy groups -OCH3 is 2. The van der Waals surface area contributed by atoms with Crippen LogP contribution in [0.2, 0.25) is 0 Å². The van der Waals surface area contributed by atoms with Crippen molar-refractivity contribution in [2.45, 2.75) is 12.8 Å². The number of pyridine rings is 1. The second-order valence-electron chi connectivity index (χ2n) is 7.02. The van der Waals surface area contributed by atoms with Crippen LogP contribution in [0.4, 0.5) is 0 Å². The van der Waals surface area contributed by atoms with Crippen molar-refractivity contribution < 1.29 is 18.8 Å². The third-order valence-electron chi connectivity index (χ3n) is 5.24. The highest BCUT2D eigenvalue weighted by molar-refractivity contribution is 6.00. The van der Waals surface area contributed by atoms with E-state index in [1.165, 1.54) is 0 Å². The van der Waals surface area contributed by atoms with Gasteiger partial charge in [0.05, 0.1) is 20.1 Å². The SMILES string of the molecule is COc1cccc(OC)c1C(=O)N1C[C@H](c2nc(-c3ccncc3)no2)[C@@H](C)C1. The molecule has 29 heavy (non-hydrogen) atoms. The average molecular weight is 394 g/mol. The van der Waals surface area contributed by atoms with Crippen molar-refractivity contribution in [1.82, 2.24) is 20.0 Å². The maximum absolute atomic E-state index is 13.2. The molecule has 1 saturated heterocycles. The van der Waals surface area contributed by atoms with Crippen LogP contribution in [0, 0.1) is 5.92 Å². The van der Waals surface area contributed by atoms with Crippen molar-refractivity contribution in [1.29, 1.82) is 0 Å². The second kappa shape index (κ2) is 7.90. The summed E-state index contributed by atoms with van der Waals surface area (Å²) in [6.45, 7) is 3.14. The van der Waals surface area contributed by atoms with Crippen molar-refractivity contribution in [3.63, 3.8) is 0 Å². The minimum absolute atomic E-state index is 0.0391. The van der Waals surface area contributed by atoms with Gasteiger partial charge in [-0.15, -0.1) is 0 Å². The quantitative estimate of drug-likeness (QED) is 0.657. The van der Waals surface area contributed by atoms with Crippen molar-refractivity contribution in [2.24, 2.45) is 5.92 Å². The van der Waals surface area contributed by atoms with E-state index >= 15 is 0 Å². The molecule has 2 aromatic heterocycles. The zero-order valence-electron chi connectivity index (χ0n) is 16.5. The van der Waals surface area contributed by atoms with Crippen molar-refractivity contribution in [3.8, 4) is 22.9 Å². The highest BCUT2D eigenvalue weighted by Gasteiger charge is 2.38. The Morgan fingerprint density at radius 3 is 2.45 bits per heavy atom. The molecule has 0 bridgehead atoms. The lowest BCUT2D eigenvalue weighted by Gasteiger charge is -2.19. The van der Waals surface area contributed by atoms with Gasteiger partial charge in [0.25, 0.3) is 5.91 Å². The molecule has 4 rings (SSSR count). The molecule has 0 aliphatic carbocycles. The van der Waals surface area contributed by atoms with Gasteiger partial charge in [0.1, 0.15) is 17.1 Å². The van der Waals surface area contributed by atoms with E-state index in [2.05, 4.69) is 22.0 Å². The highest BCUT2D eigenvalue weighted by Crippen LogP contribution is 2.36. The van der Waals surface area contributed by atoms with Gasteiger partial charge in [-0.2, -0.15) is 4.98 Å². The molecule has 1 aliphatic rings. The van der Waals surface area contributed by atoms with Gasteiger partial charge in [-0.1, -0.05) is 18.1 Å². The van der Waals surface area contributed by atoms with Crippen LogP contribution in [0.3, 0.4) is 0 Å². The Morgan fingerprint density at radius 1 is 1.10 bits per heavy atom. The number of likely N-dealkylation sites (tertiary alicyclic amines) is 1. The fourth-order valence-corrected chi connectivity index (χ4v) is 3.68. The first-order chi connectivity index (χ1) is 14.1. The summed E-state index contributed by atoms with van der Waals surface area (Å²) in [5.74, 6) is 2.03. The van der Waals surface area contributed by atoms with Crippen LogP contribution in [0.1, 0.15) is 29.1 Å². The third-order valence-corrected chi connectivity index (χ3v) is 5.24. The molecule has 1 fully saturated rings. The van der Waals surface area contributed by atoms with Crippen LogP contribution in [0.25, 0.3) is 11.4 Å². The Bertz CT molecular complexity index is 983.